The first-order valence-corrected chi connectivity index (χ1v) is 7.28. The Morgan fingerprint density at radius 2 is 1.83 bits per heavy atom. The average molecular weight is 318 g/mol. The molecule has 4 heteroatoms. The second kappa shape index (κ2) is 6.00. The van der Waals surface area contributed by atoms with Crippen molar-refractivity contribution in [2.45, 2.75) is 45.1 Å². The molecule has 0 heterocycles. The number of rotatable bonds is 3. The summed E-state index contributed by atoms with van der Waals surface area (Å²) in [5, 5.41) is 3.18. The van der Waals surface area contributed by atoms with Gasteiger partial charge in [-0.25, -0.2) is 8.78 Å². The van der Waals surface area contributed by atoms with Crippen LogP contribution in [-0.4, -0.2) is 6.04 Å². The molecule has 1 N–H and O–H groups in total. The zero-order chi connectivity index (χ0) is 13.1. The summed E-state index contributed by atoms with van der Waals surface area (Å²) in [6.07, 6.45) is 6.20. The van der Waals surface area contributed by atoms with Crippen molar-refractivity contribution >= 4 is 21.6 Å². The van der Waals surface area contributed by atoms with Crippen LogP contribution in [0.2, 0.25) is 0 Å². The third kappa shape index (κ3) is 3.22. The maximum atomic E-state index is 13.6. The third-order valence-corrected chi connectivity index (χ3v) is 4.36. The zero-order valence-corrected chi connectivity index (χ0v) is 12.1. The molecule has 0 amide bonds. The van der Waals surface area contributed by atoms with Gasteiger partial charge in [0.1, 0.15) is 11.6 Å². The molecule has 1 aliphatic rings. The van der Waals surface area contributed by atoms with Gasteiger partial charge in [0.2, 0.25) is 0 Å². The van der Waals surface area contributed by atoms with Gasteiger partial charge in [0.05, 0.1) is 10.2 Å². The highest BCUT2D eigenvalue weighted by atomic mass is 79.9. The largest absolute Gasteiger partial charge is 0.380 e. The van der Waals surface area contributed by atoms with Crippen LogP contribution in [0.15, 0.2) is 16.6 Å². The van der Waals surface area contributed by atoms with E-state index in [2.05, 4.69) is 28.2 Å². The van der Waals surface area contributed by atoms with Crippen molar-refractivity contribution in [3.05, 3.63) is 28.2 Å². The van der Waals surface area contributed by atoms with E-state index < -0.39 is 11.6 Å². The normalized spacial score (nSPS) is 18.7. The van der Waals surface area contributed by atoms with Gasteiger partial charge in [-0.2, -0.15) is 0 Å². The van der Waals surface area contributed by atoms with Gasteiger partial charge in [-0.1, -0.05) is 19.3 Å². The van der Waals surface area contributed by atoms with Crippen LogP contribution in [0.1, 0.15) is 39.0 Å². The molecule has 0 radical (unpaired) electrons. The van der Waals surface area contributed by atoms with Crippen molar-refractivity contribution in [2.24, 2.45) is 5.92 Å². The molecule has 18 heavy (non-hydrogen) atoms. The molecule has 100 valence electrons. The number of nitrogens with one attached hydrogen (secondary N) is 1. The Labute approximate surface area is 115 Å². The highest BCUT2D eigenvalue weighted by Crippen LogP contribution is 2.30. The van der Waals surface area contributed by atoms with E-state index in [4.69, 9.17) is 0 Å². The topological polar surface area (TPSA) is 12.0 Å². The Hall–Kier alpha value is -0.640. The monoisotopic (exact) mass is 317 g/mol. The predicted molar refractivity (Wildman–Crippen MR) is 73.7 cm³/mol. The first-order chi connectivity index (χ1) is 8.58. The average Bonchev–Trinajstić information content (AvgIpc) is 2.37. The van der Waals surface area contributed by atoms with Crippen molar-refractivity contribution in [3.8, 4) is 0 Å². The highest BCUT2D eigenvalue weighted by Gasteiger charge is 2.21. The Bertz CT molecular complexity index is 417. The first kappa shape index (κ1) is 13.8. The summed E-state index contributed by atoms with van der Waals surface area (Å²) < 4.78 is 27.1. The fourth-order valence-corrected chi connectivity index (χ4v) is 2.97. The lowest BCUT2D eigenvalue weighted by atomic mass is 9.84. The SMILES string of the molecule is CC(Nc1cc(Br)c(F)cc1F)C1CCCCC1. The predicted octanol–water partition coefficient (Wildman–Crippen LogP) is 5.11. The summed E-state index contributed by atoms with van der Waals surface area (Å²) >= 11 is 3.08. The molecule has 1 aromatic carbocycles. The molecule has 1 aliphatic carbocycles. The number of anilines is 1. The van der Waals surface area contributed by atoms with E-state index in [1.165, 1.54) is 38.2 Å². The Balaban J connectivity index is 2.06. The van der Waals surface area contributed by atoms with Crippen LogP contribution in [0.3, 0.4) is 0 Å². The summed E-state index contributed by atoms with van der Waals surface area (Å²) in [5.74, 6) is -0.510. The molecule has 0 aromatic heterocycles. The quantitative estimate of drug-likeness (QED) is 0.764. The third-order valence-electron chi connectivity index (χ3n) is 3.75. The van der Waals surface area contributed by atoms with E-state index in [0.29, 0.717) is 16.1 Å². The van der Waals surface area contributed by atoms with Gasteiger partial charge in [0, 0.05) is 12.1 Å². The standard InChI is InChI=1S/C14H18BrF2N/c1-9(10-5-3-2-4-6-10)18-14-7-11(15)12(16)8-13(14)17/h7-10,18H,2-6H2,1H3. The molecule has 0 spiro atoms. The van der Waals surface area contributed by atoms with Crippen LogP contribution in [0.25, 0.3) is 0 Å². The van der Waals surface area contributed by atoms with Crippen molar-refractivity contribution < 1.29 is 8.78 Å². The summed E-state index contributed by atoms with van der Waals surface area (Å²) in [6, 6.07) is 2.61. The maximum Gasteiger partial charge on any atom is 0.149 e. The minimum absolute atomic E-state index is 0.220. The Morgan fingerprint density at radius 1 is 1.17 bits per heavy atom. The fourth-order valence-electron chi connectivity index (χ4n) is 2.63. The van der Waals surface area contributed by atoms with E-state index in [0.717, 1.165) is 6.07 Å². The zero-order valence-electron chi connectivity index (χ0n) is 10.5. The van der Waals surface area contributed by atoms with Crippen LogP contribution in [0.4, 0.5) is 14.5 Å². The van der Waals surface area contributed by atoms with Crippen LogP contribution >= 0.6 is 15.9 Å². The second-order valence-corrected chi connectivity index (χ2v) is 5.93. The molecule has 0 saturated heterocycles. The number of hydrogen-bond acceptors (Lipinski definition) is 1. The summed E-state index contributed by atoms with van der Waals surface area (Å²) in [5.41, 5.74) is 0.376. The minimum Gasteiger partial charge on any atom is -0.380 e. The van der Waals surface area contributed by atoms with E-state index in [1.54, 1.807) is 0 Å². The summed E-state index contributed by atoms with van der Waals surface area (Å²) in [6.45, 7) is 2.08. The van der Waals surface area contributed by atoms with Gasteiger partial charge >= 0.3 is 0 Å². The van der Waals surface area contributed by atoms with Crippen molar-refractivity contribution in [3.63, 3.8) is 0 Å². The molecule has 1 saturated carbocycles. The van der Waals surface area contributed by atoms with Gasteiger partial charge < -0.3 is 5.32 Å². The van der Waals surface area contributed by atoms with E-state index in [1.807, 2.05) is 0 Å². The van der Waals surface area contributed by atoms with Gasteiger partial charge in [0.25, 0.3) is 0 Å². The van der Waals surface area contributed by atoms with Gasteiger partial charge in [-0.3, -0.25) is 0 Å². The molecular weight excluding hydrogens is 300 g/mol. The van der Waals surface area contributed by atoms with Gasteiger partial charge in [-0.05, 0) is 47.7 Å². The van der Waals surface area contributed by atoms with Gasteiger partial charge in [-0.15, -0.1) is 0 Å². The molecular formula is C14H18BrF2N. The maximum absolute atomic E-state index is 13.6. The lowest BCUT2D eigenvalue weighted by molar-refractivity contribution is 0.328. The van der Waals surface area contributed by atoms with Crippen molar-refractivity contribution in [1.29, 1.82) is 0 Å². The summed E-state index contributed by atoms with van der Waals surface area (Å²) in [4.78, 5) is 0. The molecule has 1 nitrogen and oxygen atoms in total. The molecule has 1 unspecified atom stereocenters. The lowest BCUT2D eigenvalue weighted by Crippen LogP contribution is -2.28. The lowest BCUT2D eigenvalue weighted by Gasteiger charge is -2.29. The molecule has 0 bridgehead atoms. The minimum atomic E-state index is -0.566. The number of hydrogen-bond donors (Lipinski definition) is 1. The van der Waals surface area contributed by atoms with Crippen LogP contribution in [-0.2, 0) is 0 Å². The molecule has 1 atom stereocenters. The second-order valence-electron chi connectivity index (χ2n) is 5.08. The van der Waals surface area contributed by atoms with Crippen molar-refractivity contribution in [1.82, 2.24) is 0 Å². The highest BCUT2D eigenvalue weighted by molar-refractivity contribution is 9.10. The molecule has 2 rings (SSSR count). The van der Waals surface area contributed by atoms with Crippen LogP contribution < -0.4 is 5.32 Å². The van der Waals surface area contributed by atoms with E-state index in [-0.39, 0.29) is 6.04 Å². The molecule has 1 fully saturated rings. The van der Waals surface area contributed by atoms with Crippen LogP contribution in [0.5, 0.6) is 0 Å². The smallest absolute Gasteiger partial charge is 0.149 e. The number of benzene rings is 1. The fraction of sp³-hybridized carbons (Fsp3) is 0.571. The molecule has 1 aromatic rings. The van der Waals surface area contributed by atoms with E-state index >= 15 is 0 Å². The Morgan fingerprint density at radius 3 is 2.50 bits per heavy atom. The van der Waals surface area contributed by atoms with Crippen LogP contribution in [0, 0.1) is 17.6 Å². The number of halogens is 3. The first-order valence-electron chi connectivity index (χ1n) is 6.49. The molecule has 0 aliphatic heterocycles. The van der Waals surface area contributed by atoms with E-state index in [9.17, 15) is 8.78 Å². The summed E-state index contributed by atoms with van der Waals surface area (Å²) in [7, 11) is 0. The Kier molecular flexibility index (Phi) is 4.60. The van der Waals surface area contributed by atoms with Gasteiger partial charge in [0.15, 0.2) is 0 Å². The van der Waals surface area contributed by atoms with Crippen molar-refractivity contribution in [2.75, 3.05) is 5.32 Å².